The lowest BCUT2D eigenvalue weighted by atomic mass is 10.1. The van der Waals surface area contributed by atoms with Gasteiger partial charge in [-0.05, 0) is 31.2 Å². The number of benzene rings is 1. The molecule has 0 radical (unpaired) electrons. The number of anilines is 1. The number of rotatable bonds is 6. The lowest BCUT2D eigenvalue weighted by Crippen LogP contribution is -2.22. The normalized spacial score (nSPS) is 12.1. The predicted octanol–water partition coefficient (Wildman–Crippen LogP) is 0.675. The SMILES string of the molecule is CC(=O)c1ccc(NS(=O)(=O)CCS(C)(=O)=O)cc1. The number of carbonyl (C=O) groups is 1. The largest absolute Gasteiger partial charge is 0.295 e. The van der Waals surface area contributed by atoms with Crippen molar-refractivity contribution in [1.82, 2.24) is 0 Å². The summed E-state index contributed by atoms with van der Waals surface area (Å²) in [5.74, 6) is -1.06. The molecule has 0 saturated carbocycles. The second kappa shape index (κ2) is 5.70. The third kappa shape index (κ3) is 5.84. The van der Waals surface area contributed by atoms with Crippen molar-refractivity contribution >= 4 is 31.3 Å². The summed E-state index contributed by atoms with van der Waals surface area (Å²) < 4.78 is 47.3. The van der Waals surface area contributed by atoms with Crippen molar-refractivity contribution in [3.05, 3.63) is 29.8 Å². The highest BCUT2D eigenvalue weighted by Crippen LogP contribution is 2.12. The quantitative estimate of drug-likeness (QED) is 0.779. The Labute approximate surface area is 112 Å². The monoisotopic (exact) mass is 305 g/mol. The van der Waals surface area contributed by atoms with Gasteiger partial charge in [-0.1, -0.05) is 0 Å². The Morgan fingerprint density at radius 3 is 2.00 bits per heavy atom. The average molecular weight is 305 g/mol. The highest BCUT2D eigenvalue weighted by Gasteiger charge is 2.14. The van der Waals surface area contributed by atoms with E-state index in [1.165, 1.54) is 31.2 Å². The molecule has 0 spiro atoms. The van der Waals surface area contributed by atoms with Gasteiger partial charge in [0.05, 0.1) is 11.5 Å². The number of Topliss-reactive ketones (excluding diaryl/α,β-unsaturated/α-hetero) is 1. The number of hydrogen-bond acceptors (Lipinski definition) is 5. The fraction of sp³-hybridized carbons (Fsp3) is 0.364. The maximum atomic E-state index is 11.6. The van der Waals surface area contributed by atoms with Gasteiger partial charge in [0.1, 0.15) is 9.84 Å². The standard InChI is InChI=1S/C11H15NO5S2/c1-9(13)10-3-5-11(6-4-10)12-19(16,17)8-7-18(2,14)15/h3-6,12H,7-8H2,1-2H3. The second-order valence-corrected chi connectivity index (χ2v) is 8.29. The number of carbonyl (C=O) groups excluding carboxylic acids is 1. The van der Waals surface area contributed by atoms with Gasteiger partial charge in [0, 0.05) is 17.5 Å². The smallest absolute Gasteiger partial charge is 0.233 e. The fourth-order valence-corrected chi connectivity index (χ4v) is 3.95. The molecule has 0 aliphatic rings. The molecule has 19 heavy (non-hydrogen) atoms. The molecule has 1 aromatic rings. The lowest BCUT2D eigenvalue weighted by molar-refractivity contribution is 0.101. The van der Waals surface area contributed by atoms with Gasteiger partial charge in [0.2, 0.25) is 10.0 Å². The summed E-state index contributed by atoms with van der Waals surface area (Å²) in [6, 6.07) is 5.90. The Morgan fingerprint density at radius 2 is 1.58 bits per heavy atom. The minimum Gasteiger partial charge on any atom is -0.295 e. The molecule has 0 unspecified atom stereocenters. The number of sulfone groups is 1. The van der Waals surface area contributed by atoms with Crippen LogP contribution in [0.1, 0.15) is 17.3 Å². The molecule has 0 aliphatic heterocycles. The first-order chi connectivity index (χ1) is 8.59. The van der Waals surface area contributed by atoms with Crippen LogP contribution in [0.5, 0.6) is 0 Å². The Kier molecular flexibility index (Phi) is 4.70. The summed E-state index contributed by atoms with van der Waals surface area (Å²) in [4.78, 5) is 11.0. The zero-order chi connectivity index (χ0) is 14.7. The molecular weight excluding hydrogens is 290 g/mol. The van der Waals surface area contributed by atoms with E-state index in [1.807, 2.05) is 0 Å². The van der Waals surface area contributed by atoms with Crippen LogP contribution in [0.4, 0.5) is 5.69 Å². The van der Waals surface area contributed by atoms with Crippen LogP contribution in [0, 0.1) is 0 Å². The van der Waals surface area contributed by atoms with E-state index in [9.17, 15) is 21.6 Å². The van der Waals surface area contributed by atoms with Crippen LogP contribution >= 0.6 is 0 Å². The molecule has 1 aromatic carbocycles. The van der Waals surface area contributed by atoms with Crippen LogP contribution in [0.25, 0.3) is 0 Å². The maximum Gasteiger partial charge on any atom is 0.233 e. The van der Waals surface area contributed by atoms with Crippen LogP contribution in [-0.2, 0) is 19.9 Å². The van der Waals surface area contributed by atoms with E-state index < -0.39 is 31.4 Å². The molecule has 6 nitrogen and oxygen atoms in total. The number of sulfonamides is 1. The summed E-state index contributed by atoms with van der Waals surface area (Å²) in [6.45, 7) is 1.41. The number of hydrogen-bond donors (Lipinski definition) is 1. The number of ketones is 1. The first-order valence-electron chi connectivity index (χ1n) is 5.38. The summed E-state index contributed by atoms with van der Waals surface area (Å²) in [5.41, 5.74) is 0.762. The van der Waals surface area contributed by atoms with Crippen LogP contribution < -0.4 is 4.72 Å². The van der Waals surface area contributed by atoms with Gasteiger partial charge >= 0.3 is 0 Å². The third-order valence-electron chi connectivity index (χ3n) is 2.29. The topological polar surface area (TPSA) is 97.4 Å². The van der Waals surface area contributed by atoms with Gasteiger partial charge in [0.15, 0.2) is 5.78 Å². The minimum atomic E-state index is -3.72. The van der Waals surface area contributed by atoms with E-state index in [4.69, 9.17) is 0 Å². The summed E-state index contributed by atoms with van der Waals surface area (Å²) in [6.07, 6.45) is 0.976. The predicted molar refractivity (Wildman–Crippen MR) is 73.6 cm³/mol. The van der Waals surface area contributed by atoms with E-state index >= 15 is 0 Å². The van der Waals surface area contributed by atoms with E-state index in [0.29, 0.717) is 11.3 Å². The van der Waals surface area contributed by atoms with E-state index in [1.54, 1.807) is 0 Å². The fourth-order valence-electron chi connectivity index (χ4n) is 1.26. The molecule has 0 bridgehead atoms. The Morgan fingerprint density at radius 1 is 1.05 bits per heavy atom. The van der Waals surface area contributed by atoms with Crippen molar-refractivity contribution in [2.45, 2.75) is 6.92 Å². The van der Waals surface area contributed by atoms with Gasteiger partial charge in [0.25, 0.3) is 0 Å². The molecule has 8 heteroatoms. The average Bonchev–Trinajstić information content (AvgIpc) is 2.26. The first kappa shape index (κ1) is 15.6. The number of nitrogens with one attached hydrogen (secondary N) is 1. The third-order valence-corrected chi connectivity index (χ3v) is 4.78. The van der Waals surface area contributed by atoms with Crippen LogP contribution in [0.3, 0.4) is 0 Å². The van der Waals surface area contributed by atoms with Crippen molar-refractivity contribution in [2.24, 2.45) is 0 Å². The van der Waals surface area contributed by atoms with Gasteiger partial charge in [-0.15, -0.1) is 0 Å². The van der Waals surface area contributed by atoms with E-state index in [0.717, 1.165) is 6.26 Å². The van der Waals surface area contributed by atoms with Gasteiger partial charge in [-0.3, -0.25) is 9.52 Å². The molecule has 0 fully saturated rings. The molecule has 0 aliphatic carbocycles. The second-order valence-electron chi connectivity index (χ2n) is 4.18. The van der Waals surface area contributed by atoms with Gasteiger partial charge in [-0.25, -0.2) is 16.8 Å². The lowest BCUT2D eigenvalue weighted by Gasteiger charge is -2.07. The van der Waals surface area contributed by atoms with E-state index in [-0.39, 0.29) is 5.78 Å². The molecule has 0 aromatic heterocycles. The highest BCUT2D eigenvalue weighted by atomic mass is 32.2. The summed E-state index contributed by atoms with van der Waals surface area (Å²) >= 11 is 0. The van der Waals surface area contributed by atoms with Crippen LogP contribution in [0.15, 0.2) is 24.3 Å². The van der Waals surface area contributed by atoms with Crippen molar-refractivity contribution < 1.29 is 21.6 Å². The van der Waals surface area contributed by atoms with Crippen molar-refractivity contribution in [3.8, 4) is 0 Å². The molecule has 0 amide bonds. The summed E-state index contributed by atoms with van der Waals surface area (Å²) in [5, 5.41) is 0. The Hall–Kier alpha value is -1.41. The summed E-state index contributed by atoms with van der Waals surface area (Å²) in [7, 11) is -7.05. The highest BCUT2D eigenvalue weighted by molar-refractivity contribution is 7.95. The Bertz CT molecular complexity index is 660. The van der Waals surface area contributed by atoms with Crippen molar-refractivity contribution in [2.75, 3.05) is 22.5 Å². The zero-order valence-electron chi connectivity index (χ0n) is 10.6. The molecule has 0 heterocycles. The first-order valence-corrected chi connectivity index (χ1v) is 9.09. The maximum absolute atomic E-state index is 11.6. The minimum absolute atomic E-state index is 0.119. The molecular formula is C11H15NO5S2. The molecule has 0 atom stereocenters. The van der Waals surface area contributed by atoms with E-state index in [2.05, 4.69) is 4.72 Å². The molecule has 1 N–H and O–H groups in total. The van der Waals surface area contributed by atoms with Crippen molar-refractivity contribution in [3.63, 3.8) is 0 Å². The van der Waals surface area contributed by atoms with Gasteiger partial charge in [-0.2, -0.15) is 0 Å². The molecule has 106 valence electrons. The molecule has 0 saturated heterocycles. The Balaban J connectivity index is 2.76. The van der Waals surface area contributed by atoms with Crippen molar-refractivity contribution in [1.29, 1.82) is 0 Å². The van der Waals surface area contributed by atoms with Crippen LogP contribution in [0.2, 0.25) is 0 Å². The van der Waals surface area contributed by atoms with Gasteiger partial charge < -0.3 is 0 Å². The van der Waals surface area contributed by atoms with Crippen LogP contribution in [-0.4, -0.2) is 40.4 Å². The molecule has 1 rings (SSSR count). The zero-order valence-corrected chi connectivity index (χ0v) is 12.2.